The molecule has 0 amide bonds. The fourth-order valence-electron chi connectivity index (χ4n) is 4.79. The Morgan fingerprint density at radius 1 is 1.16 bits per heavy atom. The highest BCUT2D eigenvalue weighted by molar-refractivity contribution is 5.01. The van der Waals surface area contributed by atoms with E-state index in [4.69, 9.17) is 9.47 Å². The molecule has 1 saturated carbocycles. The van der Waals surface area contributed by atoms with Gasteiger partial charge in [-0.25, -0.2) is 0 Å². The molecule has 2 rings (SSSR count). The molecule has 2 unspecified atom stereocenters. The van der Waals surface area contributed by atoms with E-state index in [9.17, 15) is 0 Å². The molecule has 2 heteroatoms. The maximum atomic E-state index is 6.03. The van der Waals surface area contributed by atoms with Gasteiger partial charge in [-0.3, -0.25) is 0 Å². The highest BCUT2D eigenvalue weighted by Crippen LogP contribution is 2.59. The summed E-state index contributed by atoms with van der Waals surface area (Å²) in [4.78, 5) is 0. The highest BCUT2D eigenvalue weighted by Gasteiger charge is 2.55. The van der Waals surface area contributed by atoms with Crippen molar-refractivity contribution in [2.75, 3.05) is 13.2 Å². The molecule has 1 saturated heterocycles. The van der Waals surface area contributed by atoms with Crippen LogP contribution in [0.1, 0.15) is 67.2 Å². The summed E-state index contributed by atoms with van der Waals surface area (Å²) in [7, 11) is 0. The summed E-state index contributed by atoms with van der Waals surface area (Å²) in [5.41, 5.74) is 0.710. The van der Waals surface area contributed by atoms with E-state index in [0.717, 1.165) is 32.0 Å². The molecule has 112 valence electrons. The summed E-state index contributed by atoms with van der Waals surface area (Å²) in [5.74, 6) is 1.16. The van der Waals surface area contributed by atoms with Crippen LogP contribution in [0.15, 0.2) is 0 Å². The number of rotatable bonds is 2. The van der Waals surface area contributed by atoms with Gasteiger partial charge in [0, 0.05) is 12.8 Å². The van der Waals surface area contributed by atoms with Crippen LogP contribution in [-0.2, 0) is 9.47 Å². The maximum absolute atomic E-state index is 6.03. The van der Waals surface area contributed by atoms with Gasteiger partial charge in [-0.1, -0.05) is 41.5 Å². The summed E-state index contributed by atoms with van der Waals surface area (Å²) in [6, 6.07) is 0. The van der Waals surface area contributed by atoms with Crippen LogP contribution < -0.4 is 0 Å². The van der Waals surface area contributed by atoms with Crippen LogP contribution in [0.3, 0.4) is 0 Å². The number of hydrogen-bond acceptors (Lipinski definition) is 2. The molecule has 0 bridgehead atoms. The van der Waals surface area contributed by atoms with Gasteiger partial charge < -0.3 is 9.47 Å². The second-order valence-electron chi connectivity index (χ2n) is 7.98. The lowest BCUT2D eigenvalue weighted by Crippen LogP contribution is -2.53. The standard InChI is InChI=1S/C17H32O2/c1-7-16(13(2)3)12-17(18-10-11-19-17)9-8-14(16)15(4,5)6/h13-14H,7-12H2,1-6H3. The van der Waals surface area contributed by atoms with Gasteiger partial charge in [0.05, 0.1) is 13.2 Å². The minimum absolute atomic E-state index is 0.262. The Morgan fingerprint density at radius 2 is 1.74 bits per heavy atom. The number of ether oxygens (including phenoxy) is 2. The van der Waals surface area contributed by atoms with Gasteiger partial charge in [0.25, 0.3) is 0 Å². The zero-order valence-corrected chi connectivity index (χ0v) is 13.7. The fourth-order valence-corrected chi connectivity index (χ4v) is 4.79. The van der Waals surface area contributed by atoms with Crippen LogP contribution in [0.25, 0.3) is 0 Å². The van der Waals surface area contributed by atoms with Gasteiger partial charge in [0.1, 0.15) is 0 Å². The van der Waals surface area contributed by atoms with Crippen molar-refractivity contribution in [2.45, 2.75) is 73.0 Å². The molecule has 0 radical (unpaired) electrons. The molecular formula is C17H32O2. The molecule has 2 aliphatic rings. The minimum Gasteiger partial charge on any atom is -0.348 e. The molecule has 1 aliphatic heterocycles. The zero-order chi connectivity index (χ0) is 14.3. The van der Waals surface area contributed by atoms with E-state index in [1.165, 1.54) is 12.8 Å². The fraction of sp³-hybridized carbons (Fsp3) is 1.00. The molecule has 1 spiro atoms. The first kappa shape index (κ1) is 15.3. The van der Waals surface area contributed by atoms with Gasteiger partial charge in [0.2, 0.25) is 0 Å². The van der Waals surface area contributed by atoms with Gasteiger partial charge in [-0.15, -0.1) is 0 Å². The van der Waals surface area contributed by atoms with Gasteiger partial charge in [-0.2, -0.15) is 0 Å². The van der Waals surface area contributed by atoms with Crippen molar-refractivity contribution in [3.8, 4) is 0 Å². The predicted molar refractivity (Wildman–Crippen MR) is 79.0 cm³/mol. The second-order valence-corrected chi connectivity index (χ2v) is 7.98. The summed E-state index contributed by atoms with van der Waals surface area (Å²) in [6.45, 7) is 15.9. The molecular weight excluding hydrogens is 236 g/mol. The quantitative estimate of drug-likeness (QED) is 0.727. The van der Waals surface area contributed by atoms with Crippen molar-refractivity contribution in [3.63, 3.8) is 0 Å². The van der Waals surface area contributed by atoms with Crippen LogP contribution in [-0.4, -0.2) is 19.0 Å². The highest BCUT2D eigenvalue weighted by atomic mass is 16.7. The molecule has 1 aliphatic carbocycles. The molecule has 19 heavy (non-hydrogen) atoms. The van der Waals surface area contributed by atoms with Gasteiger partial charge in [-0.05, 0) is 35.5 Å². The van der Waals surface area contributed by atoms with Crippen molar-refractivity contribution >= 4 is 0 Å². The average Bonchev–Trinajstić information content (AvgIpc) is 2.75. The van der Waals surface area contributed by atoms with E-state index in [0.29, 0.717) is 16.7 Å². The zero-order valence-electron chi connectivity index (χ0n) is 13.7. The SMILES string of the molecule is CCC1(C(C)C)CC2(CCC1C(C)(C)C)OCCO2. The van der Waals surface area contributed by atoms with Crippen molar-refractivity contribution in [1.29, 1.82) is 0 Å². The summed E-state index contributed by atoms with van der Waals surface area (Å²) < 4.78 is 12.1. The van der Waals surface area contributed by atoms with Gasteiger partial charge in [0.15, 0.2) is 5.79 Å². The van der Waals surface area contributed by atoms with E-state index in [-0.39, 0.29) is 5.79 Å². The van der Waals surface area contributed by atoms with Crippen molar-refractivity contribution in [3.05, 3.63) is 0 Å². The van der Waals surface area contributed by atoms with Crippen LogP contribution in [0.5, 0.6) is 0 Å². The van der Waals surface area contributed by atoms with E-state index < -0.39 is 0 Å². The Labute approximate surface area is 119 Å². The molecule has 1 heterocycles. The maximum Gasteiger partial charge on any atom is 0.169 e. The van der Waals surface area contributed by atoms with E-state index in [1.54, 1.807) is 0 Å². The lowest BCUT2D eigenvalue weighted by molar-refractivity contribution is -0.231. The van der Waals surface area contributed by atoms with Gasteiger partial charge >= 0.3 is 0 Å². The third kappa shape index (κ3) is 2.58. The average molecular weight is 268 g/mol. The second kappa shape index (κ2) is 5.04. The smallest absolute Gasteiger partial charge is 0.169 e. The molecule has 2 fully saturated rings. The topological polar surface area (TPSA) is 18.5 Å². The first-order valence-electron chi connectivity index (χ1n) is 8.04. The normalized spacial score (nSPS) is 35.2. The molecule has 0 N–H and O–H groups in total. The monoisotopic (exact) mass is 268 g/mol. The van der Waals surface area contributed by atoms with Crippen LogP contribution in [0.2, 0.25) is 0 Å². The number of hydrogen-bond donors (Lipinski definition) is 0. The Balaban J connectivity index is 2.33. The lowest BCUT2D eigenvalue weighted by Gasteiger charge is -2.56. The van der Waals surface area contributed by atoms with E-state index >= 15 is 0 Å². The molecule has 2 nitrogen and oxygen atoms in total. The summed E-state index contributed by atoms with van der Waals surface area (Å²) in [6.07, 6.45) is 4.61. The third-order valence-electron chi connectivity index (χ3n) is 5.77. The van der Waals surface area contributed by atoms with Crippen molar-refractivity contribution in [1.82, 2.24) is 0 Å². The van der Waals surface area contributed by atoms with Crippen molar-refractivity contribution in [2.24, 2.45) is 22.7 Å². The molecule has 0 aromatic rings. The van der Waals surface area contributed by atoms with Crippen LogP contribution in [0.4, 0.5) is 0 Å². The first-order valence-corrected chi connectivity index (χ1v) is 8.04. The van der Waals surface area contributed by atoms with Crippen LogP contribution in [0, 0.1) is 22.7 Å². The minimum atomic E-state index is -0.262. The Bertz CT molecular complexity index is 310. The predicted octanol–water partition coefficient (Wildman–Crippen LogP) is 4.63. The van der Waals surface area contributed by atoms with E-state index in [1.807, 2.05) is 0 Å². The molecule has 0 aromatic heterocycles. The van der Waals surface area contributed by atoms with E-state index in [2.05, 4.69) is 41.5 Å². The molecule has 2 atom stereocenters. The largest absolute Gasteiger partial charge is 0.348 e. The molecule has 0 aromatic carbocycles. The third-order valence-corrected chi connectivity index (χ3v) is 5.77. The van der Waals surface area contributed by atoms with Crippen molar-refractivity contribution < 1.29 is 9.47 Å². The summed E-state index contributed by atoms with van der Waals surface area (Å²) >= 11 is 0. The summed E-state index contributed by atoms with van der Waals surface area (Å²) in [5, 5.41) is 0. The Kier molecular flexibility index (Phi) is 4.06. The Morgan fingerprint density at radius 3 is 2.16 bits per heavy atom. The Hall–Kier alpha value is -0.0800. The lowest BCUT2D eigenvalue weighted by atomic mass is 9.51. The van der Waals surface area contributed by atoms with Crippen LogP contribution >= 0.6 is 0 Å². The first-order chi connectivity index (χ1) is 8.76.